The molecule has 14 heteroatoms. The van der Waals surface area contributed by atoms with E-state index >= 15 is 0 Å². The summed E-state index contributed by atoms with van der Waals surface area (Å²) in [5.41, 5.74) is 1.91. The fraction of sp³-hybridized carbons (Fsp3) is 0.200. The van der Waals surface area contributed by atoms with Crippen molar-refractivity contribution in [2.45, 2.75) is 20.0 Å². The van der Waals surface area contributed by atoms with Crippen molar-refractivity contribution in [2.75, 3.05) is 7.11 Å². The number of hydrogen-bond donors (Lipinski definition) is 1. The van der Waals surface area contributed by atoms with E-state index in [1.54, 1.807) is 24.5 Å². The predicted molar refractivity (Wildman–Crippen MR) is 120 cm³/mol. The lowest BCUT2D eigenvalue weighted by Gasteiger charge is -2.20. The number of ether oxygens (including phenoxy) is 1. The van der Waals surface area contributed by atoms with Crippen molar-refractivity contribution in [2.24, 2.45) is 10.1 Å². The van der Waals surface area contributed by atoms with E-state index in [9.17, 15) is 28.1 Å². The van der Waals surface area contributed by atoms with Gasteiger partial charge in [-0.05, 0) is 49.4 Å². The topological polar surface area (TPSA) is 126 Å². The second-order valence-electron chi connectivity index (χ2n) is 7.20. The summed E-state index contributed by atoms with van der Waals surface area (Å²) in [6, 6.07) is 5.83. The molecule has 0 atom stereocenters. The molecule has 10 nitrogen and oxygen atoms in total. The van der Waals surface area contributed by atoms with Gasteiger partial charge in [0, 0.05) is 17.5 Å². The summed E-state index contributed by atoms with van der Waals surface area (Å²) in [7, 11) is 1.38. The fourth-order valence-electron chi connectivity index (χ4n) is 3.53. The quantitative estimate of drug-likeness (QED) is 0.387. The molecule has 2 aliphatic rings. The van der Waals surface area contributed by atoms with Gasteiger partial charge in [-0.15, -0.1) is 0 Å². The van der Waals surface area contributed by atoms with Gasteiger partial charge >= 0.3 is 6.18 Å². The monoisotopic (exact) mass is 492 g/mol. The lowest BCUT2D eigenvalue weighted by molar-refractivity contribution is -0.384. The Bertz CT molecular complexity index is 1360. The zero-order valence-electron chi connectivity index (χ0n) is 17.8. The molecule has 0 spiro atoms. The maximum absolute atomic E-state index is 13.0. The average Bonchev–Trinajstić information content (AvgIpc) is 3.31. The molecule has 0 unspecified atom stereocenters. The molecule has 1 N–H and O–H groups in total. The van der Waals surface area contributed by atoms with Crippen LogP contribution in [0, 0.1) is 29.4 Å². The molecule has 176 valence electrons. The van der Waals surface area contributed by atoms with Crippen LogP contribution in [0.3, 0.4) is 0 Å². The molecule has 0 aliphatic carbocycles. The van der Waals surface area contributed by atoms with Crippen molar-refractivity contribution in [3.05, 3.63) is 56.9 Å². The number of carbonyl (C=O) groups is 1. The Labute approximate surface area is 194 Å². The zero-order chi connectivity index (χ0) is 24.9. The summed E-state index contributed by atoms with van der Waals surface area (Å²) >= 11 is 0.178. The molecular weight excluding hydrogens is 477 g/mol. The van der Waals surface area contributed by atoms with Crippen LogP contribution in [0.25, 0.3) is 11.8 Å². The van der Waals surface area contributed by atoms with Crippen LogP contribution in [-0.2, 0) is 4.79 Å². The number of fused-ring (bicyclic) bond motifs is 1. The van der Waals surface area contributed by atoms with Crippen LogP contribution >= 0.6 is 11.8 Å². The first-order valence-electron chi connectivity index (χ1n) is 9.51. The zero-order valence-corrected chi connectivity index (χ0v) is 18.6. The number of amidine groups is 2. The van der Waals surface area contributed by atoms with E-state index in [0.29, 0.717) is 27.6 Å². The van der Waals surface area contributed by atoms with E-state index in [1.807, 2.05) is 0 Å². The number of thioether (sulfide) groups is 1. The molecule has 3 heterocycles. The number of halogens is 3. The highest BCUT2D eigenvalue weighted by atomic mass is 32.2. The largest absolute Gasteiger partial charge is 0.494 e. The summed E-state index contributed by atoms with van der Waals surface area (Å²) in [6.07, 6.45) is -3.38. The summed E-state index contributed by atoms with van der Waals surface area (Å²) in [5, 5.41) is 21.9. The summed E-state index contributed by atoms with van der Waals surface area (Å²) in [4.78, 5) is 26.7. The fourth-order valence-corrected chi connectivity index (χ4v) is 4.29. The lowest BCUT2D eigenvalue weighted by atomic mass is 10.1. The van der Waals surface area contributed by atoms with E-state index in [2.05, 4.69) is 10.1 Å². The van der Waals surface area contributed by atoms with Crippen molar-refractivity contribution in [1.29, 1.82) is 5.41 Å². The Hall–Kier alpha value is -3.94. The number of hydrazone groups is 1. The number of aliphatic imine (C=N–C) groups is 1. The number of methoxy groups -OCH3 is 1. The molecule has 0 saturated carbocycles. The van der Waals surface area contributed by atoms with Crippen LogP contribution in [-0.4, -0.2) is 49.7 Å². The summed E-state index contributed by atoms with van der Waals surface area (Å²) in [6.45, 7) is 3.48. The van der Waals surface area contributed by atoms with E-state index in [-0.39, 0.29) is 33.9 Å². The molecule has 0 bridgehead atoms. The van der Waals surface area contributed by atoms with Crippen molar-refractivity contribution in [3.63, 3.8) is 0 Å². The molecule has 0 fully saturated rings. The normalized spacial score (nSPS) is 17.1. The van der Waals surface area contributed by atoms with Crippen molar-refractivity contribution < 1.29 is 27.6 Å². The lowest BCUT2D eigenvalue weighted by Crippen LogP contribution is -2.35. The smallest absolute Gasteiger partial charge is 0.441 e. The summed E-state index contributed by atoms with van der Waals surface area (Å²) in [5.74, 6) is -1.14. The van der Waals surface area contributed by atoms with Gasteiger partial charge in [0.2, 0.25) is 10.2 Å². The number of amides is 1. The van der Waals surface area contributed by atoms with Gasteiger partial charge in [-0.25, -0.2) is 0 Å². The van der Waals surface area contributed by atoms with Gasteiger partial charge in [0.05, 0.1) is 29.4 Å². The maximum atomic E-state index is 13.0. The second kappa shape index (κ2) is 8.13. The van der Waals surface area contributed by atoms with Gasteiger partial charge in [-0.1, -0.05) is 0 Å². The molecule has 0 saturated heterocycles. The first-order chi connectivity index (χ1) is 15.9. The number of aromatic nitrogens is 1. The van der Waals surface area contributed by atoms with Gasteiger partial charge < -0.3 is 9.30 Å². The number of nitro groups is 1. The number of alkyl halides is 3. The van der Waals surface area contributed by atoms with E-state index in [4.69, 9.17) is 10.1 Å². The molecule has 2 aliphatic heterocycles. The van der Waals surface area contributed by atoms with Gasteiger partial charge in [-0.3, -0.25) is 20.3 Å². The Kier molecular flexibility index (Phi) is 5.55. The number of carbonyl (C=O) groups excluding carboxylic acids is 1. The maximum Gasteiger partial charge on any atom is 0.441 e. The Balaban J connectivity index is 1.76. The molecular formula is C20H15F3N6O4S. The standard InChI is InChI=1S/C20H15F3N6O4S/c1-9-6-11(10(2)27(9)14-5-4-12(29(31)32)8-15(14)33-3)7-13-16(24)28-19(25-17(13)30)34-18(26-28)20(21,22)23/h4-8,24H,1-3H3/b13-7+,24-16?. The number of non-ortho nitro benzene ring substituents is 1. The van der Waals surface area contributed by atoms with Gasteiger partial charge in [-0.2, -0.15) is 28.3 Å². The first kappa shape index (κ1) is 23.2. The van der Waals surface area contributed by atoms with Crippen LogP contribution in [0.1, 0.15) is 17.0 Å². The molecule has 34 heavy (non-hydrogen) atoms. The van der Waals surface area contributed by atoms with E-state index in [0.717, 1.165) is 0 Å². The Morgan fingerprint density at radius 3 is 2.59 bits per heavy atom. The number of hydrogen-bond acceptors (Lipinski definition) is 7. The number of nitrogens with zero attached hydrogens (tertiary/aromatic N) is 5. The Morgan fingerprint density at radius 2 is 1.97 bits per heavy atom. The molecule has 1 aromatic heterocycles. The van der Waals surface area contributed by atoms with E-state index < -0.39 is 27.9 Å². The van der Waals surface area contributed by atoms with E-state index in [1.165, 1.54) is 31.4 Å². The predicted octanol–water partition coefficient (Wildman–Crippen LogP) is 4.19. The number of nitro benzene ring substituents is 1. The summed E-state index contributed by atoms with van der Waals surface area (Å²) < 4.78 is 46.1. The minimum Gasteiger partial charge on any atom is -0.494 e. The minimum absolute atomic E-state index is 0.150. The van der Waals surface area contributed by atoms with Crippen LogP contribution in [0.5, 0.6) is 5.75 Å². The highest BCUT2D eigenvalue weighted by molar-refractivity contribution is 8.27. The second-order valence-corrected chi connectivity index (χ2v) is 8.15. The molecule has 1 aromatic carbocycles. The number of aryl methyl sites for hydroxylation is 1. The first-order valence-corrected chi connectivity index (χ1v) is 10.3. The highest BCUT2D eigenvalue weighted by Crippen LogP contribution is 2.36. The number of benzene rings is 1. The average molecular weight is 492 g/mol. The number of rotatable bonds is 4. The van der Waals surface area contributed by atoms with Crippen molar-refractivity contribution >= 4 is 45.5 Å². The highest BCUT2D eigenvalue weighted by Gasteiger charge is 2.46. The third-order valence-corrected chi connectivity index (χ3v) is 6.04. The molecule has 1 amide bonds. The van der Waals surface area contributed by atoms with Gasteiger partial charge in [0.1, 0.15) is 5.75 Å². The van der Waals surface area contributed by atoms with Gasteiger partial charge in [0.25, 0.3) is 11.6 Å². The minimum atomic E-state index is -4.73. The molecule has 2 aromatic rings. The molecule has 0 radical (unpaired) electrons. The third-order valence-electron chi connectivity index (χ3n) is 5.08. The third kappa shape index (κ3) is 3.85. The van der Waals surface area contributed by atoms with Crippen molar-refractivity contribution in [3.8, 4) is 11.4 Å². The Morgan fingerprint density at radius 1 is 1.26 bits per heavy atom. The van der Waals surface area contributed by atoms with Crippen LogP contribution in [0.15, 0.2) is 39.9 Å². The molecule has 4 rings (SSSR count). The van der Waals surface area contributed by atoms with Crippen LogP contribution in [0.2, 0.25) is 0 Å². The van der Waals surface area contributed by atoms with Crippen molar-refractivity contribution in [1.82, 2.24) is 9.58 Å². The van der Waals surface area contributed by atoms with Crippen LogP contribution < -0.4 is 4.74 Å². The van der Waals surface area contributed by atoms with Gasteiger partial charge in [0.15, 0.2) is 5.84 Å². The number of nitrogens with one attached hydrogen (secondary N) is 1. The SMILES string of the molecule is COc1cc([N+](=O)[O-])ccc1-n1c(C)cc(/C=C2\C(=N)N3N=C(C(F)(F)F)SC3=NC2=O)c1C. The van der Waals surface area contributed by atoms with Crippen LogP contribution in [0.4, 0.5) is 18.9 Å².